The predicted octanol–water partition coefficient (Wildman–Crippen LogP) is 1.54. The number of para-hydroxylation sites is 1. The lowest BCUT2D eigenvalue weighted by Gasteiger charge is -2.38. The number of sulfonamides is 1. The summed E-state index contributed by atoms with van der Waals surface area (Å²) in [5, 5.41) is 0. The van der Waals surface area contributed by atoms with Crippen LogP contribution in [0.3, 0.4) is 0 Å². The zero-order valence-electron chi connectivity index (χ0n) is 13.9. The fourth-order valence-electron chi connectivity index (χ4n) is 2.92. The first kappa shape index (κ1) is 16.9. The number of carbonyl (C=O) groups is 1. The van der Waals surface area contributed by atoms with Crippen LogP contribution in [-0.2, 0) is 14.8 Å². The highest BCUT2D eigenvalue weighted by Gasteiger charge is 2.40. The van der Waals surface area contributed by atoms with Gasteiger partial charge >= 0.3 is 0 Å². The van der Waals surface area contributed by atoms with Gasteiger partial charge in [0.15, 0.2) is 11.5 Å². The van der Waals surface area contributed by atoms with Gasteiger partial charge in [-0.2, -0.15) is 4.72 Å². The Labute approximate surface area is 151 Å². The number of nitrogens with zero attached hydrogens (tertiary/aromatic N) is 1. The molecule has 0 bridgehead atoms. The molecule has 0 aliphatic carbocycles. The van der Waals surface area contributed by atoms with Gasteiger partial charge in [-0.15, -0.1) is 0 Å². The number of fused-ring (bicyclic) bond motifs is 1. The summed E-state index contributed by atoms with van der Waals surface area (Å²) in [4.78, 5) is 13.9. The first-order valence-corrected chi connectivity index (χ1v) is 9.81. The molecule has 1 fully saturated rings. The third-order valence-corrected chi connectivity index (χ3v) is 5.79. The maximum Gasteiger partial charge on any atom is 0.247 e. The summed E-state index contributed by atoms with van der Waals surface area (Å²) in [6, 6.07) is 12.8. The molecule has 1 unspecified atom stereocenters. The molecule has 1 atom stereocenters. The molecule has 4 rings (SSSR count). The van der Waals surface area contributed by atoms with E-state index in [2.05, 4.69) is 4.72 Å². The van der Waals surface area contributed by atoms with Crippen LogP contribution in [0.25, 0.3) is 0 Å². The molecule has 0 radical (unpaired) electrons. The van der Waals surface area contributed by atoms with Crippen LogP contribution in [0, 0.1) is 0 Å². The summed E-state index contributed by atoms with van der Waals surface area (Å²) in [6.45, 7) is 1.30. The third-order valence-electron chi connectivity index (χ3n) is 4.32. The van der Waals surface area contributed by atoms with E-state index in [0.717, 1.165) is 12.1 Å². The Morgan fingerprint density at radius 1 is 1.00 bits per heavy atom. The lowest BCUT2D eigenvalue weighted by molar-refractivity contribution is -0.124. The second kappa shape index (κ2) is 6.62. The van der Waals surface area contributed by atoms with E-state index in [1.165, 1.54) is 12.1 Å². The number of benzene rings is 2. The first-order chi connectivity index (χ1) is 12.5. The number of nitrogens with one attached hydrogen (secondary N) is 1. The quantitative estimate of drug-likeness (QED) is 0.821. The first-order valence-electron chi connectivity index (χ1n) is 8.33. The third kappa shape index (κ3) is 3.13. The van der Waals surface area contributed by atoms with Crippen molar-refractivity contribution in [3.63, 3.8) is 0 Å². The highest BCUT2D eigenvalue weighted by molar-refractivity contribution is 7.89. The standard InChI is InChI=1S/C18H18N2O5S/c21-18-15(12-20(18)13-5-2-1-3-6-13)19-26(22,23)14-7-8-16-17(11-14)25-10-4-9-24-16/h1-3,5-8,11,15,19H,4,9-10,12H2. The van der Waals surface area contributed by atoms with Crippen LogP contribution < -0.4 is 19.1 Å². The number of amides is 1. The molecule has 2 aliphatic rings. The van der Waals surface area contributed by atoms with Crippen molar-refractivity contribution in [2.24, 2.45) is 0 Å². The predicted molar refractivity (Wildman–Crippen MR) is 95.0 cm³/mol. The second-order valence-corrected chi connectivity index (χ2v) is 7.83. The summed E-state index contributed by atoms with van der Waals surface area (Å²) in [5.41, 5.74) is 0.753. The smallest absolute Gasteiger partial charge is 0.247 e. The molecule has 7 nitrogen and oxygen atoms in total. The van der Waals surface area contributed by atoms with E-state index in [9.17, 15) is 13.2 Å². The summed E-state index contributed by atoms with van der Waals surface area (Å²) < 4.78 is 38.7. The zero-order chi connectivity index (χ0) is 18.1. The SMILES string of the molecule is O=C1C(NS(=O)(=O)c2ccc3c(c2)OCCCO3)CN1c1ccccc1. The van der Waals surface area contributed by atoms with Gasteiger partial charge in [0, 0.05) is 18.2 Å². The molecule has 136 valence electrons. The molecule has 0 saturated carbocycles. The summed E-state index contributed by atoms with van der Waals surface area (Å²) in [7, 11) is -3.84. The van der Waals surface area contributed by atoms with Gasteiger partial charge in [0.2, 0.25) is 15.9 Å². The second-order valence-electron chi connectivity index (χ2n) is 6.12. The van der Waals surface area contributed by atoms with Crippen molar-refractivity contribution in [1.82, 2.24) is 4.72 Å². The molecule has 1 N–H and O–H groups in total. The zero-order valence-corrected chi connectivity index (χ0v) is 14.7. The van der Waals surface area contributed by atoms with E-state index >= 15 is 0 Å². The largest absolute Gasteiger partial charge is 0.490 e. The molecular weight excluding hydrogens is 356 g/mol. The van der Waals surface area contributed by atoms with E-state index in [4.69, 9.17) is 9.47 Å². The molecule has 26 heavy (non-hydrogen) atoms. The lowest BCUT2D eigenvalue weighted by Crippen LogP contribution is -2.64. The van der Waals surface area contributed by atoms with Gasteiger partial charge in [0.25, 0.3) is 0 Å². The van der Waals surface area contributed by atoms with Crippen molar-refractivity contribution < 1.29 is 22.7 Å². The van der Waals surface area contributed by atoms with Gasteiger partial charge in [-0.25, -0.2) is 8.42 Å². The van der Waals surface area contributed by atoms with Crippen LogP contribution in [0.1, 0.15) is 6.42 Å². The van der Waals surface area contributed by atoms with Crippen molar-refractivity contribution in [2.45, 2.75) is 17.4 Å². The van der Waals surface area contributed by atoms with Gasteiger partial charge in [-0.3, -0.25) is 4.79 Å². The van der Waals surface area contributed by atoms with Gasteiger partial charge in [-0.1, -0.05) is 18.2 Å². The van der Waals surface area contributed by atoms with Crippen molar-refractivity contribution in [3.8, 4) is 11.5 Å². The number of ether oxygens (including phenoxy) is 2. The van der Waals surface area contributed by atoms with E-state index in [0.29, 0.717) is 31.3 Å². The number of anilines is 1. The number of β-lactam (4-membered cyclic amide) rings is 1. The van der Waals surface area contributed by atoms with E-state index in [1.54, 1.807) is 11.0 Å². The topological polar surface area (TPSA) is 84.9 Å². The Morgan fingerprint density at radius 3 is 2.46 bits per heavy atom. The average molecular weight is 374 g/mol. The fraction of sp³-hybridized carbons (Fsp3) is 0.278. The molecule has 0 spiro atoms. The number of carbonyl (C=O) groups excluding carboxylic acids is 1. The highest BCUT2D eigenvalue weighted by Crippen LogP contribution is 2.32. The maximum atomic E-state index is 12.6. The number of hydrogen-bond donors (Lipinski definition) is 1. The minimum Gasteiger partial charge on any atom is -0.490 e. The minimum atomic E-state index is -3.84. The van der Waals surface area contributed by atoms with Gasteiger partial charge < -0.3 is 14.4 Å². The van der Waals surface area contributed by atoms with Crippen LogP contribution >= 0.6 is 0 Å². The highest BCUT2D eigenvalue weighted by atomic mass is 32.2. The maximum absolute atomic E-state index is 12.6. The molecule has 1 saturated heterocycles. The van der Waals surface area contributed by atoms with E-state index in [1.807, 2.05) is 30.3 Å². The Hall–Kier alpha value is -2.58. The van der Waals surface area contributed by atoms with Gasteiger partial charge in [0.1, 0.15) is 6.04 Å². The van der Waals surface area contributed by atoms with Crippen molar-refractivity contribution >= 4 is 21.6 Å². The summed E-state index contributed by atoms with van der Waals surface area (Å²) in [6.07, 6.45) is 0.737. The Balaban J connectivity index is 1.48. The van der Waals surface area contributed by atoms with Crippen LogP contribution in [0.2, 0.25) is 0 Å². The normalized spacial score (nSPS) is 19.6. The number of rotatable bonds is 4. The molecule has 1 amide bonds. The molecule has 2 aromatic rings. The summed E-state index contributed by atoms with van der Waals surface area (Å²) >= 11 is 0. The van der Waals surface area contributed by atoms with Gasteiger partial charge in [0.05, 0.1) is 24.7 Å². The Morgan fingerprint density at radius 2 is 1.73 bits per heavy atom. The molecule has 2 aromatic carbocycles. The number of hydrogen-bond acceptors (Lipinski definition) is 5. The van der Waals surface area contributed by atoms with Crippen LogP contribution in [0.15, 0.2) is 53.4 Å². The average Bonchev–Trinajstić information content (AvgIpc) is 2.90. The molecule has 0 aromatic heterocycles. The van der Waals surface area contributed by atoms with E-state index < -0.39 is 16.1 Å². The molecule has 2 aliphatic heterocycles. The Bertz CT molecular complexity index is 930. The van der Waals surface area contributed by atoms with E-state index in [-0.39, 0.29) is 10.8 Å². The van der Waals surface area contributed by atoms with Crippen molar-refractivity contribution in [2.75, 3.05) is 24.7 Å². The van der Waals surface area contributed by atoms with Crippen molar-refractivity contribution in [3.05, 3.63) is 48.5 Å². The van der Waals surface area contributed by atoms with Gasteiger partial charge in [-0.05, 0) is 24.3 Å². The van der Waals surface area contributed by atoms with Crippen LogP contribution in [0.4, 0.5) is 5.69 Å². The summed E-state index contributed by atoms with van der Waals surface area (Å²) in [5.74, 6) is 0.654. The minimum absolute atomic E-state index is 0.0488. The van der Waals surface area contributed by atoms with Crippen LogP contribution in [-0.4, -0.2) is 40.1 Å². The lowest BCUT2D eigenvalue weighted by atomic mass is 10.1. The molecular formula is C18H18N2O5S. The Kier molecular flexibility index (Phi) is 4.29. The monoisotopic (exact) mass is 374 g/mol. The fourth-order valence-corrected chi connectivity index (χ4v) is 4.12. The molecule has 8 heteroatoms. The van der Waals surface area contributed by atoms with Crippen LogP contribution in [0.5, 0.6) is 11.5 Å². The van der Waals surface area contributed by atoms with Crippen molar-refractivity contribution in [1.29, 1.82) is 0 Å². The molecule has 2 heterocycles.